The second kappa shape index (κ2) is 6.06. The molecule has 106 valence electrons. The van der Waals surface area contributed by atoms with E-state index in [2.05, 4.69) is 38.4 Å². The summed E-state index contributed by atoms with van der Waals surface area (Å²) in [4.78, 5) is 0. The monoisotopic (exact) mass is 335 g/mol. The summed E-state index contributed by atoms with van der Waals surface area (Å²) in [7, 11) is 0. The minimum absolute atomic E-state index is 0.564. The van der Waals surface area contributed by atoms with Gasteiger partial charge in [0, 0.05) is 10.5 Å². The van der Waals surface area contributed by atoms with Gasteiger partial charge in [-0.2, -0.15) is 0 Å². The van der Waals surface area contributed by atoms with E-state index in [1.54, 1.807) is 0 Å². The van der Waals surface area contributed by atoms with Crippen molar-refractivity contribution in [1.82, 2.24) is 15.5 Å². The van der Waals surface area contributed by atoms with Gasteiger partial charge in [-0.05, 0) is 46.8 Å². The highest BCUT2D eigenvalue weighted by Crippen LogP contribution is 2.27. The second-order valence-corrected chi connectivity index (χ2v) is 6.23. The van der Waals surface area contributed by atoms with Crippen molar-refractivity contribution in [3.63, 3.8) is 0 Å². The molecule has 1 aliphatic rings. The van der Waals surface area contributed by atoms with Gasteiger partial charge in [0.1, 0.15) is 0 Å². The van der Waals surface area contributed by atoms with Crippen molar-refractivity contribution in [2.24, 2.45) is 5.92 Å². The molecule has 0 saturated heterocycles. The Morgan fingerprint density at radius 1 is 1.30 bits per heavy atom. The van der Waals surface area contributed by atoms with Crippen molar-refractivity contribution in [2.45, 2.75) is 38.8 Å². The molecule has 20 heavy (non-hydrogen) atoms. The second-order valence-electron chi connectivity index (χ2n) is 5.38. The molecule has 0 aliphatic heterocycles. The number of aromatic nitrogens is 2. The number of hydrogen-bond donors (Lipinski definition) is 1. The molecule has 0 radical (unpaired) electrons. The Kier molecular flexibility index (Phi) is 4.17. The molecule has 1 aromatic heterocycles. The van der Waals surface area contributed by atoms with Crippen LogP contribution in [0.3, 0.4) is 0 Å². The van der Waals surface area contributed by atoms with Gasteiger partial charge in [0.05, 0.1) is 12.1 Å². The first-order chi connectivity index (χ1) is 9.74. The lowest BCUT2D eigenvalue weighted by Crippen LogP contribution is -2.30. The maximum Gasteiger partial charge on any atom is 0.248 e. The SMILES string of the molecule is CC1CCCC1NCc1nnc(-c2ccccc2Br)o1. The summed E-state index contributed by atoms with van der Waals surface area (Å²) in [5, 5.41) is 11.8. The number of rotatable bonds is 4. The molecular formula is C15H18BrN3O. The van der Waals surface area contributed by atoms with Crippen molar-refractivity contribution in [3.05, 3.63) is 34.6 Å². The standard InChI is InChI=1S/C15H18BrN3O/c1-10-5-4-8-13(10)17-9-14-18-19-15(20-14)11-6-2-3-7-12(11)16/h2-3,6-7,10,13,17H,4-5,8-9H2,1H3. The van der Waals surface area contributed by atoms with Crippen LogP contribution in [-0.2, 0) is 6.54 Å². The Bertz CT molecular complexity index is 584. The van der Waals surface area contributed by atoms with E-state index in [0.29, 0.717) is 24.4 Å². The van der Waals surface area contributed by atoms with Crippen LogP contribution in [0.2, 0.25) is 0 Å². The van der Waals surface area contributed by atoms with Gasteiger partial charge in [-0.15, -0.1) is 10.2 Å². The van der Waals surface area contributed by atoms with E-state index >= 15 is 0 Å². The van der Waals surface area contributed by atoms with Gasteiger partial charge >= 0.3 is 0 Å². The van der Waals surface area contributed by atoms with E-state index in [1.807, 2.05) is 24.3 Å². The first-order valence-corrected chi connectivity index (χ1v) is 7.84. The van der Waals surface area contributed by atoms with E-state index in [4.69, 9.17) is 4.42 Å². The van der Waals surface area contributed by atoms with Crippen molar-refractivity contribution in [3.8, 4) is 11.5 Å². The highest BCUT2D eigenvalue weighted by Gasteiger charge is 2.23. The summed E-state index contributed by atoms with van der Waals surface area (Å²) in [6.45, 7) is 2.94. The Morgan fingerprint density at radius 2 is 2.15 bits per heavy atom. The van der Waals surface area contributed by atoms with Gasteiger partial charge in [-0.3, -0.25) is 0 Å². The molecule has 4 nitrogen and oxygen atoms in total. The summed E-state index contributed by atoms with van der Waals surface area (Å²) < 4.78 is 6.70. The van der Waals surface area contributed by atoms with Gasteiger partial charge in [0.25, 0.3) is 0 Å². The predicted molar refractivity (Wildman–Crippen MR) is 81.1 cm³/mol. The van der Waals surface area contributed by atoms with Gasteiger partial charge in [-0.1, -0.05) is 25.5 Å². The summed E-state index contributed by atoms with van der Waals surface area (Å²) in [5.74, 6) is 1.95. The van der Waals surface area contributed by atoms with Gasteiger partial charge < -0.3 is 9.73 Å². The van der Waals surface area contributed by atoms with Crippen LogP contribution in [0.4, 0.5) is 0 Å². The maximum absolute atomic E-state index is 5.73. The van der Waals surface area contributed by atoms with E-state index in [1.165, 1.54) is 19.3 Å². The number of hydrogen-bond acceptors (Lipinski definition) is 4. The van der Waals surface area contributed by atoms with E-state index in [9.17, 15) is 0 Å². The fourth-order valence-electron chi connectivity index (χ4n) is 2.74. The Morgan fingerprint density at radius 3 is 2.90 bits per heavy atom. The largest absolute Gasteiger partial charge is 0.419 e. The highest BCUT2D eigenvalue weighted by atomic mass is 79.9. The van der Waals surface area contributed by atoms with Crippen LogP contribution >= 0.6 is 15.9 Å². The van der Waals surface area contributed by atoms with Crippen LogP contribution in [0, 0.1) is 5.92 Å². The van der Waals surface area contributed by atoms with Gasteiger partial charge in [0.2, 0.25) is 11.8 Å². The van der Waals surface area contributed by atoms with Crippen LogP contribution in [0.25, 0.3) is 11.5 Å². The van der Waals surface area contributed by atoms with Crippen molar-refractivity contribution >= 4 is 15.9 Å². The Labute approximate surface area is 127 Å². The Balaban J connectivity index is 1.67. The average molecular weight is 336 g/mol. The fraction of sp³-hybridized carbons (Fsp3) is 0.467. The van der Waals surface area contributed by atoms with E-state index in [-0.39, 0.29) is 0 Å². The number of nitrogens with one attached hydrogen (secondary N) is 1. The molecule has 1 N–H and O–H groups in total. The molecule has 1 heterocycles. The third-order valence-electron chi connectivity index (χ3n) is 3.95. The maximum atomic E-state index is 5.73. The van der Waals surface area contributed by atoms with Crippen molar-refractivity contribution in [1.29, 1.82) is 0 Å². The quantitative estimate of drug-likeness (QED) is 0.923. The third kappa shape index (κ3) is 2.94. The topological polar surface area (TPSA) is 51.0 Å². The summed E-state index contributed by atoms with van der Waals surface area (Å²) in [5.41, 5.74) is 0.931. The molecule has 2 aromatic rings. The lowest BCUT2D eigenvalue weighted by molar-refractivity contribution is 0.391. The molecule has 1 saturated carbocycles. The van der Waals surface area contributed by atoms with Crippen LogP contribution in [0.15, 0.2) is 33.2 Å². The van der Waals surface area contributed by atoms with Crippen LogP contribution in [0.1, 0.15) is 32.1 Å². The molecule has 1 fully saturated rings. The minimum Gasteiger partial charge on any atom is -0.419 e. The van der Waals surface area contributed by atoms with Crippen LogP contribution in [-0.4, -0.2) is 16.2 Å². The average Bonchev–Trinajstić information content (AvgIpc) is 3.06. The molecular weight excluding hydrogens is 318 g/mol. The molecule has 3 rings (SSSR count). The molecule has 0 spiro atoms. The zero-order valence-corrected chi connectivity index (χ0v) is 13.1. The van der Waals surface area contributed by atoms with Crippen molar-refractivity contribution in [2.75, 3.05) is 0 Å². The summed E-state index contributed by atoms with van der Waals surface area (Å²) in [6.07, 6.45) is 3.86. The molecule has 1 aromatic carbocycles. The normalized spacial score (nSPS) is 22.3. The van der Waals surface area contributed by atoms with Crippen LogP contribution in [0.5, 0.6) is 0 Å². The molecule has 2 unspecified atom stereocenters. The Hall–Kier alpha value is -1.20. The molecule has 2 atom stereocenters. The predicted octanol–water partition coefficient (Wildman–Crippen LogP) is 3.78. The number of benzene rings is 1. The first-order valence-electron chi connectivity index (χ1n) is 7.04. The third-order valence-corrected chi connectivity index (χ3v) is 4.64. The fourth-order valence-corrected chi connectivity index (χ4v) is 3.19. The smallest absolute Gasteiger partial charge is 0.248 e. The number of nitrogens with zero attached hydrogens (tertiary/aromatic N) is 2. The van der Waals surface area contributed by atoms with E-state index in [0.717, 1.165) is 16.0 Å². The zero-order chi connectivity index (χ0) is 13.9. The zero-order valence-electron chi connectivity index (χ0n) is 11.5. The molecule has 5 heteroatoms. The molecule has 0 amide bonds. The minimum atomic E-state index is 0.564. The van der Waals surface area contributed by atoms with E-state index < -0.39 is 0 Å². The summed E-state index contributed by atoms with van der Waals surface area (Å²) >= 11 is 3.50. The lowest BCUT2D eigenvalue weighted by Gasteiger charge is -2.15. The van der Waals surface area contributed by atoms with Gasteiger partial charge in [-0.25, -0.2) is 0 Å². The van der Waals surface area contributed by atoms with Crippen molar-refractivity contribution < 1.29 is 4.42 Å². The first kappa shape index (κ1) is 13.8. The molecule has 0 bridgehead atoms. The van der Waals surface area contributed by atoms with Gasteiger partial charge in [0.15, 0.2) is 0 Å². The lowest BCUT2D eigenvalue weighted by atomic mass is 10.1. The molecule has 1 aliphatic carbocycles. The van der Waals surface area contributed by atoms with Crippen LogP contribution < -0.4 is 5.32 Å². The number of halogens is 1. The highest BCUT2D eigenvalue weighted by molar-refractivity contribution is 9.10. The summed E-state index contributed by atoms with van der Waals surface area (Å²) in [6, 6.07) is 8.44.